The van der Waals surface area contributed by atoms with Crippen LogP contribution in [-0.4, -0.2) is 8.42 Å². The Labute approximate surface area is 164 Å². The van der Waals surface area contributed by atoms with Crippen LogP contribution in [-0.2, 0) is 63.4 Å². The van der Waals surface area contributed by atoms with E-state index >= 15 is 0 Å². The maximum atomic E-state index is 13.0. The van der Waals surface area contributed by atoms with Crippen molar-refractivity contribution in [2.75, 3.05) is 2.07 Å². The van der Waals surface area contributed by atoms with Gasteiger partial charge >= 0.3 is 166 Å². The van der Waals surface area contributed by atoms with Gasteiger partial charge in [-0.3, -0.25) is 0 Å². The number of sulfonamides is 1. The molecule has 0 radical (unpaired) electrons. The molecule has 0 aliphatic rings. The molecule has 2 aromatic rings. The van der Waals surface area contributed by atoms with Crippen molar-refractivity contribution >= 4 is 15.7 Å². The van der Waals surface area contributed by atoms with Crippen LogP contribution in [0.2, 0.25) is 7.86 Å². The summed E-state index contributed by atoms with van der Waals surface area (Å²) in [5.74, 6) is 0. The average Bonchev–Trinajstić information content (AvgIpc) is 2.59. The fourth-order valence-electron chi connectivity index (χ4n) is 2.52. The van der Waals surface area contributed by atoms with Gasteiger partial charge in [-0.25, -0.2) is 0 Å². The maximum absolute atomic E-state index is 13.0. The zero-order chi connectivity index (χ0) is 16.7. The van der Waals surface area contributed by atoms with Crippen LogP contribution in [0.15, 0.2) is 59.5 Å². The standard InChI is InChI=1S/C13H11NO2S.2C2H5.2Hg/c1-11-7-9-13(10-8-11)17(15,16)14-12-5-3-2-4-6-12;2*1-2;;/h2-10H,1H2;2*1H2,2H3;;/q-1;;;;+1. The molecule has 0 fully saturated rings. The summed E-state index contributed by atoms with van der Waals surface area (Å²) in [4.78, 5) is 0.437. The van der Waals surface area contributed by atoms with Crippen LogP contribution in [0.3, 0.4) is 0 Å². The van der Waals surface area contributed by atoms with E-state index < -0.39 is 59.5 Å². The first-order valence-corrected chi connectivity index (χ1v) is 23.8. The van der Waals surface area contributed by atoms with Crippen LogP contribution in [0.4, 0.5) is 5.69 Å². The van der Waals surface area contributed by atoms with E-state index in [-0.39, 0.29) is 0 Å². The van der Waals surface area contributed by atoms with E-state index in [1.54, 1.807) is 14.2 Å². The molecule has 2 rings (SSSR count). The van der Waals surface area contributed by atoms with Crippen LogP contribution < -0.4 is 2.07 Å². The van der Waals surface area contributed by atoms with Crippen LogP contribution in [0.25, 0.3) is 0 Å². The van der Waals surface area contributed by atoms with E-state index in [9.17, 15) is 8.42 Å². The van der Waals surface area contributed by atoms with Crippen molar-refractivity contribution in [3.8, 4) is 0 Å². The normalized spacial score (nSPS) is 10.7. The third kappa shape index (κ3) is 5.27. The second kappa shape index (κ2) is 9.52. The van der Waals surface area contributed by atoms with Crippen molar-refractivity contribution in [2.24, 2.45) is 0 Å². The summed E-state index contributed by atoms with van der Waals surface area (Å²) in [5.41, 5.74) is 2.13. The van der Waals surface area contributed by atoms with E-state index in [2.05, 4.69) is 13.8 Å². The Morgan fingerprint density at radius 3 is 2.13 bits per heavy atom. The van der Waals surface area contributed by atoms with Gasteiger partial charge in [0.05, 0.1) is 0 Å². The van der Waals surface area contributed by atoms with E-state index in [1.165, 1.54) is 13.4 Å². The molecule has 2 aromatic carbocycles. The summed E-state index contributed by atoms with van der Waals surface area (Å²) in [6.45, 7) is 4.35. The monoisotopic (exact) mass is 707 g/mol. The number of nitrogens with zero attached hydrogens (tertiary/aromatic N) is 1. The van der Waals surface area contributed by atoms with Gasteiger partial charge in [0.1, 0.15) is 0 Å². The van der Waals surface area contributed by atoms with Crippen molar-refractivity contribution in [1.82, 2.24) is 0 Å². The summed E-state index contributed by atoms with van der Waals surface area (Å²) in [6.07, 6.45) is 0. The van der Waals surface area contributed by atoms with Crippen LogP contribution in [0.5, 0.6) is 0 Å². The first kappa shape index (κ1) is 19.4. The fraction of sp³-hybridized carbons (Fsp3) is 0.294. The molecule has 0 saturated heterocycles. The van der Waals surface area contributed by atoms with Gasteiger partial charge in [0.25, 0.3) is 0 Å². The zero-order valence-electron chi connectivity index (χ0n) is 13.9. The summed E-state index contributed by atoms with van der Waals surface area (Å²) in [6, 6.07) is 17.1. The van der Waals surface area contributed by atoms with Crippen molar-refractivity contribution in [2.45, 2.75) is 30.5 Å². The Bertz CT molecular complexity index is 703. The van der Waals surface area contributed by atoms with E-state index in [1.807, 2.05) is 42.5 Å². The van der Waals surface area contributed by atoms with Crippen molar-refractivity contribution < 1.29 is 57.9 Å². The number of para-hydroxylation sites is 1. The second-order valence-electron chi connectivity index (χ2n) is 5.66. The van der Waals surface area contributed by atoms with Crippen LogP contribution >= 0.6 is 0 Å². The van der Waals surface area contributed by atoms with E-state index in [0.29, 0.717) is 4.90 Å². The van der Waals surface area contributed by atoms with Crippen LogP contribution in [0.1, 0.15) is 19.4 Å². The molecule has 116 valence electrons. The number of rotatable bonds is 8. The molecule has 6 heteroatoms. The molecular weight excluding hydrogens is 683 g/mol. The zero-order valence-corrected chi connectivity index (χ0v) is 25.7. The van der Waals surface area contributed by atoms with Gasteiger partial charge in [0.2, 0.25) is 0 Å². The molecule has 0 spiro atoms. The molecule has 3 nitrogen and oxygen atoms in total. The number of anilines is 1. The van der Waals surface area contributed by atoms with Gasteiger partial charge in [0.15, 0.2) is 0 Å². The Morgan fingerprint density at radius 2 is 1.57 bits per heavy atom. The van der Waals surface area contributed by atoms with Crippen molar-refractivity contribution in [3.05, 3.63) is 60.2 Å². The molecule has 0 amide bonds. The topological polar surface area (TPSA) is 37.4 Å². The summed E-state index contributed by atoms with van der Waals surface area (Å²) >= 11 is -2.44. The number of hydrogen-bond acceptors (Lipinski definition) is 2. The minimum atomic E-state index is -3.40. The second-order valence-corrected chi connectivity index (χ2v) is 26.0. The molecule has 0 aliphatic heterocycles. The molecule has 0 N–H and O–H groups in total. The Balaban J connectivity index is 2.30. The SMILES string of the molecule is C[CH2][Hg][CH2]c1ccc(S(=O)(=O)[N]([Hg][CH2]C)c2ccccc2)cc1. The summed E-state index contributed by atoms with van der Waals surface area (Å²) in [5, 5.41) is 0. The third-order valence-electron chi connectivity index (χ3n) is 3.80. The quantitative estimate of drug-likeness (QED) is 0.384. The summed E-state index contributed by atoms with van der Waals surface area (Å²) < 4.78 is 31.4. The number of benzene rings is 2. The van der Waals surface area contributed by atoms with E-state index in [4.69, 9.17) is 0 Å². The molecule has 0 unspecified atom stereocenters. The molecule has 0 heterocycles. The molecule has 0 aliphatic carbocycles. The van der Waals surface area contributed by atoms with Gasteiger partial charge < -0.3 is 0 Å². The molecule has 23 heavy (non-hydrogen) atoms. The molecule has 0 saturated carbocycles. The molecule has 0 bridgehead atoms. The first-order chi connectivity index (χ1) is 11.1. The Kier molecular flexibility index (Phi) is 8.02. The number of hydrogen-bond donors (Lipinski definition) is 0. The van der Waals surface area contributed by atoms with Crippen LogP contribution in [0, 0.1) is 0 Å². The van der Waals surface area contributed by atoms with Crippen molar-refractivity contribution in [1.29, 1.82) is 0 Å². The minimum absolute atomic E-state index is 0.437. The van der Waals surface area contributed by atoms with Gasteiger partial charge in [0, 0.05) is 0 Å². The Morgan fingerprint density at radius 1 is 0.913 bits per heavy atom. The fourth-order valence-corrected chi connectivity index (χ4v) is 17.7. The Hall–Kier alpha value is 0.0601. The van der Waals surface area contributed by atoms with E-state index in [0.717, 1.165) is 9.62 Å². The first-order valence-electron chi connectivity index (χ1n) is 8.26. The van der Waals surface area contributed by atoms with Crippen molar-refractivity contribution in [3.63, 3.8) is 0 Å². The van der Waals surface area contributed by atoms with Gasteiger partial charge in [-0.05, 0) is 0 Å². The van der Waals surface area contributed by atoms with Gasteiger partial charge in [-0.2, -0.15) is 0 Å². The van der Waals surface area contributed by atoms with Gasteiger partial charge in [-0.1, -0.05) is 0 Å². The third-order valence-corrected chi connectivity index (χ3v) is 22.1. The summed E-state index contributed by atoms with van der Waals surface area (Å²) in [7, 11) is -3.40. The average molecular weight is 705 g/mol. The molecular formula is C17H21Hg2NO2S. The predicted octanol–water partition coefficient (Wildman–Crippen LogP) is 4.34. The molecule has 0 atom stereocenters. The van der Waals surface area contributed by atoms with Gasteiger partial charge in [-0.15, -0.1) is 0 Å². The molecule has 0 aromatic heterocycles. The predicted molar refractivity (Wildman–Crippen MR) is 87.2 cm³/mol.